The number of carbonyl (C=O) groups excluding carboxylic acids is 1. The minimum absolute atomic E-state index is 0.128. The van der Waals surface area contributed by atoms with Crippen LogP contribution in [0.4, 0.5) is 5.69 Å². The van der Waals surface area contributed by atoms with Gasteiger partial charge in [-0.2, -0.15) is 0 Å². The number of para-hydroxylation sites is 1. The summed E-state index contributed by atoms with van der Waals surface area (Å²) in [6.07, 6.45) is 5.04. The van der Waals surface area contributed by atoms with E-state index in [1.54, 1.807) is 0 Å². The zero-order valence-electron chi connectivity index (χ0n) is 12.2. The summed E-state index contributed by atoms with van der Waals surface area (Å²) in [5.74, 6) is 0.128. The molecule has 112 valence electrons. The molecule has 2 aliphatic heterocycles. The van der Waals surface area contributed by atoms with Crippen molar-refractivity contribution in [2.24, 2.45) is 0 Å². The highest BCUT2D eigenvalue weighted by Crippen LogP contribution is 2.50. The van der Waals surface area contributed by atoms with Crippen LogP contribution >= 0.6 is 0 Å². The van der Waals surface area contributed by atoms with Gasteiger partial charge in [0.05, 0.1) is 12.1 Å². The van der Waals surface area contributed by atoms with Crippen LogP contribution in [0.3, 0.4) is 0 Å². The number of fused-ring (bicyclic) bond motifs is 2. The first kappa shape index (κ1) is 13.3. The number of aliphatic hydroxyl groups excluding tert-OH is 1. The van der Waals surface area contributed by atoms with E-state index in [2.05, 4.69) is 23.5 Å². The van der Waals surface area contributed by atoms with Gasteiger partial charge in [0.25, 0.3) is 0 Å². The molecule has 1 amide bonds. The van der Waals surface area contributed by atoms with E-state index in [1.165, 1.54) is 31.2 Å². The van der Waals surface area contributed by atoms with Gasteiger partial charge < -0.3 is 15.3 Å². The first-order chi connectivity index (χ1) is 10.2. The van der Waals surface area contributed by atoms with Gasteiger partial charge in [-0.25, -0.2) is 0 Å². The maximum atomic E-state index is 12.8. The Hall–Kier alpha value is -1.39. The fourth-order valence-electron chi connectivity index (χ4n) is 4.40. The average Bonchev–Trinajstić information content (AvgIpc) is 3.20. The summed E-state index contributed by atoms with van der Waals surface area (Å²) in [6, 6.07) is 8.15. The summed E-state index contributed by atoms with van der Waals surface area (Å²) in [6.45, 7) is 1.34. The van der Waals surface area contributed by atoms with Gasteiger partial charge >= 0.3 is 0 Å². The zero-order valence-corrected chi connectivity index (χ0v) is 12.2. The summed E-state index contributed by atoms with van der Waals surface area (Å²) in [7, 11) is 0. The molecule has 2 N–H and O–H groups in total. The van der Waals surface area contributed by atoms with Gasteiger partial charge in [-0.05, 0) is 30.9 Å². The lowest BCUT2D eigenvalue weighted by atomic mass is 9.81. The quantitative estimate of drug-likeness (QED) is 0.824. The molecule has 4 heteroatoms. The third-order valence-corrected chi connectivity index (χ3v) is 5.46. The van der Waals surface area contributed by atoms with E-state index in [0.29, 0.717) is 13.0 Å². The van der Waals surface area contributed by atoms with Crippen LogP contribution in [0.5, 0.6) is 0 Å². The highest BCUT2D eigenvalue weighted by atomic mass is 16.3. The average molecular weight is 286 g/mol. The molecular weight excluding hydrogens is 264 g/mol. The van der Waals surface area contributed by atoms with Gasteiger partial charge in [0.15, 0.2) is 0 Å². The number of rotatable bonds is 1. The summed E-state index contributed by atoms with van der Waals surface area (Å²) < 4.78 is 0. The number of hydrogen-bond donors (Lipinski definition) is 2. The first-order valence-electron chi connectivity index (χ1n) is 8.02. The zero-order chi connectivity index (χ0) is 14.4. The third-order valence-electron chi connectivity index (χ3n) is 5.46. The number of amides is 1. The van der Waals surface area contributed by atoms with E-state index in [1.807, 2.05) is 11.0 Å². The Bertz CT molecular complexity index is 566. The Morgan fingerprint density at radius 3 is 2.76 bits per heavy atom. The minimum Gasteiger partial charge on any atom is -0.392 e. The summed E-state index contributed by atoms with van der Waals surface area (Å²) >= 11 is 0. The molecule has 2 heterocycles. The molecule has 21 heavy (non-hydrogen) atoms. The number of benzene rings is 1. The summed E-state index contributed by atoms with van der Waals surface area (Å²) in [5, 5.41) is 12.8. The second-order valence-electron chi connectivity index (χ2n) is 6.78. The lowest BCUT2D eigenvalue weighted by Gasteiger charge is -2.26. The van der Waals surface area contributed by atoms with E-state index in [9.17, 15) is 9.90 Å². The lowest BCUT2D eigenvalue weighted by Crippen LogP contribution is -2.45. The highest BCUT2D eigenvalue weighted by molar-refractivity contribution is 6.00. The van der Waals surface area contributed by atoms with Crippen molar-refractivity contribution >= 4 is 11.6 Å². The smallest absolute Gasteiger partial charge is 0.244 e. The predicted molar refractivity (Wildman–Crippen MR) is 81.4 cm³/mol. The third kappa shape index (κ3) is 2.00. The van der Waals surface area contributed by atoms with Crippen LogP contribution in [0, 0.1) is 0 Å². The van der Waals surface area contributed by atoms with Gasteiger partial charge in [-0.3, -0.25) is 4.79 Å². The van der Waals surface area contributed by atoms with Crippen LogP contribution in [-0.4, -0.2) is 36.2 Å². The molecule has 1 saturated carbocycles. The van der Waals surface area contributed by atoms with Gasteiger partial charge in [-0.15, -0.1) is 0 Å². The number of hydrogen-bond acceptors (Lipinski definition) is 3. The van der Waals surface area contributed by atoms with Crippen LogP contribution in [0.2, 0.25) is 0 Å². The van der Waals surface area contributed by atoms with Gasteiger partial charge in [0.1, 0.15) is 0 Å². The molecule has 0 unspecified atom stereocenters. The van der Waals surface area contributed by atoms with Crippen LogP contribution in [-0.2, 0) is 10.2 Å². The van der Waals surface area contributed by atoms with E-state index >= 15 is 0 Å². The highest BCUT2D eigenvalue weighted by Gasteiger charge is 2.47. The number of carbonyl (C=O) groups is 1. The Labute approximate surface area is 125 Å². The van der Waals surface area contributed by atoms with Crippen molar-refractivity contribution < 1.29 is 9.90 Å². The van der Waals surface area contributed by atoms with Gasteiger partial charge in [0, 0.05) is 24.2 Å². The normalized spacial score (nSPS) is 30.0. The number of aliphatic hydroxyl groups is 1. The molecule has 1 aliphatic carbocycles. The molecule has 4 rings (SSSR count). The van der Waals surface area contributed by atoms with Crippen molar-refractivity contribution in [2.75, 3.05) is 18.0 Å². The SMILES string of the molecule is O=C([C@@H]1C[C@H](O)CN1)N1CC2(CCCC2)c2ccccc21. The first-order valence-corrected chi connectivity index (χ1v) is 8.02. The van der Waals surface area contributed by atoms with Crippen molar-refractivity contribution in [1.29, 1.82) is 0 Å². The predicted octanol–water partition coefficient (Wildman–Crippen LogP) is 1.57. The molecule has 2 atom stereocenters. The molecular formula is C17H22N2O2. The second-order valence-corrected chi connectivity index (χ2v) is 6.78. The number of nitrogens with one attached hydrogen (secondary N) is 1. The lowest BCUT2D eigenvalue weighted by molar-refractivity contribution is -0.120. The van der Waals surface area contributed by atoms with Crippen molar-refractivity contribution in [3.63, 3.8) is 0 Å². The topological polar surface area (TPSA) is 52.6 Å². The van der Waals surface area contributed by atoms with Crippen LogP contribution in [0.15, 0.2) is 24.3 Å². The molecule has 3 aliphatic rings. The number of anilines is 1. The Morgan fingerprint density at radius 1 is 1.29 bits per heavy atom. The van der Waals surface area contributed by atoms with Crippen molar-refractivity contribution in [3.05, 3.63) is 29.8 Å². The molecule has 1 spiro atoms. The molecule has 0 bridgehead atoms. The maximum Gasteiger partial charge on any atom is 0.244 e. The monoisotopic (exact) mass is 286 g/mol. The van der Waals surface area contributed by atoms with Crippen LogP contribution in [0.25, 0.3) is 0 Å². The molecule has 0 aromatic heterocycles. The summed E-state index contributed by atoms with van der Waals surface area (Å²) in [4.78, 5) is 14.8. The largest absolute Gasteiger partial charge is 0.392 e. The molecule has 1 saturated heterocycles. The van der Waals surface area contributed by atoms with Crippen LogP contribution in [0.1, 0.15) is 37.7 Å². The van der Waals surface area contributed by atoms with E-state index in [4.69, 9.17) is 0 Å². The van der Waals surface area contributed by atoms with Crippen molar-refractivity contribution in [2.45, 2.75) is 49.7 Å². The maximum absolute atomic E-state index is 12.8. The fraction of sp³-hybridized carbons (Fsp3) is 0.588. The van der Waals surface area contributed by atoms with E-state index in [0.717, 1.165) is 12.2 Å². The molecule has 2 fully saturated rings. The molecule has 4 nitrogen and oxygen atoms in total. The van der Waals surface area contributed by atoms with Gasteiger partial charge in [0.2, 0.25) is 5.91 Å². The van der Waals surface area contributed by atoms with Crippen LogP contribution < -0.4 is 10.2 Å². The van der Waals surface area contributed by atoms with E-state index in [-0.39, 0.29) is 17.4 Å². The Morgan fingerprint density at radius 2 is 2.05 bits per heavy atom. The van der Waals surface area contributed by atoms with Gasteiger partial charge in [-0.1, -0.05) is 31.0 Å². The van der Waals surface area contributed by atoms with E-state index < -0.39 is 6.10 Å². The Kier molecular flexibility index (Phi) is 3.05. The molecule has 0 radical (unpaired) electrons. The summed E-state index contributed by atoms with van der Waals surface area (Å²) in [5.41, 5.74) is 2.63. The molecule has 1 aromatic rings. The number of β-amino-alcohol motifs (C(OH)–C–C–N with tert-alkyl or cyclic N) is 1. The fourth-order valence-corrected chi connectivity index (χ4v) is 4.40. The minimum atomic E-state index is -0.391. The van der Waals surface area contributed by atoms with Crippen molar-refractivity contribution in [1.82, 2.24) is 5.32 Å². The Balaban J connectivity index is 1.66. The second kappa shape index (κ2) is 4.82. The molecule has 1 aromatic carbocycles. The standard InChI is InChI=1S/C17H22N2O2/c20-12-9-14(18-10-12)16(21)19-11-17(7-3-4-8-17)13-5-1-2-6-15(13)19/h1-2,5-6,12,14,18,20H,3-4,7-11H2/t12-,14-/m0/s1. The number of nitrogens with zero attached hydrogens (tertiary/aromatic N) is 1. The van der Waals surface area contributed by atoms with Crippen molar-refractivity contribution in [3.8, 4) is 0 Å².